The third-order valence-corrected chi connectivity index (χ3v) is 5.45. The Labute approximate surface area is 199 Å². The lowest BCUT2D eigenvalue weighted by Gasteiger charge is -2.15. The quantitative estimate of drug-likeness (QED) is 0.348. The summed E-state index contributed by atoms with van der Waals surface area (Å²) in [5, 5.41) is 15.6. The first-order valence-electron chi connectivity index (χ1n) is 10.3. The van der Waals surface area contributed by atoms with Gasteiger partial charge in [0.25, 0.3) is 11.8 Å². The summed E-state index contributed by atoms with van der Waals surface area (Å²) in [7, 11) is 0. The molecule has 0 aliphatic rings. The molecule has 34 heavy (non-hydrogen) atoms. The number of anilines is 1. The summed E-state index contributed by atoms with van der Waals surface area (Å²) in [6, 6.07) is 17.6. The summed E-state index contributed by atoms with van der Waals surface area (Å²) in [5.41, 5.74) is 2.53. The highest BCUT2D eigenvalue weighted by Crippen LogP contribution is 2.19. The largest absolute Gasteiger partial charge is 0.480 e. The molecule has 4 aromatic rings. The Morgan fingerprint density at radius 3 is 2.35 bits per heavy atom. The summed E-state index contributed by atoms with van der Waals surface area (Å²) >= 11 is 5.92. The van der Waals surface area contributed by atoms with Crippen LogP contribution in [-0.2, 0) is 11.2 Å². The van der Waals surface area contributed by atoms with Gasteiger partial charge in [0.1, 0.15) is 11.2 Å². The number of hydrogen-bond donors (Lipinski definition) is 3. The van der Waals surface area contributed by atoms with Crippen molar-refractivity contribution in [2.24, 2.45) is 0 Å². The van der Waals surface area contributed by atoms with Crippen LogP contribution in [0.25, 0.3) is 10.9 Å². The van der Waals surface area contributed by atoms with E-state index in [1.54, 1.807) is 42.6 Å². The lowest BCUT2D eigenvalue weighted by molar-refractivity contribution is -0.139. The number of nitrogens with one attached hydrogen (secondary N) is 2. The number of carboxylic acids is 1. The number of carboxylic acid groups (broad SMARTS) is 1. The maximum absolute atomic E-state index is 12.8. The lowest BCUT2D eigenvalue weighted by Crippen LogP contribution is -2.42. The number of para-hydroxylation sites is 1. The van der Waals surface area contributed by atoms with Gasteiger partial charge >= 0.3 is 5.97 Å². The number of carbonyl (C=O) groups excluding carboxylic acids is 2. The van der Waals surface area contributed by atoms with E-state index in [-0.39, 0.29) is 23.0 Å². The lowest BCUT2D eigenvalue weighted by atomic mass is 10.0. The molecule has 2 amide bonds. The SMILES string of the molecule is O=C(N[C@@H](Cc1ccc(NC(=O)c2ccnc3ccccc23)cc1)C(=O)O)c1cccnc1Cl. The van der Waals surface area contributed by atoms with Crippen LogP contribution in [0.15, 0.2) is 79.1 Å². The first-order valence-corrected chi connectivity index (χ1v) is 10.7. The third kappa shape index (κ3) is 5.19. The van der Waals surface area contributed by atoms with Crippen molar-refractivity contribution in [2.45, 2.75) is 12.5 Å². The number of benzene rings is 2. The minimum atomic E-state index is -1.18. The number of nitrogens with zero attached hydrogens (tertiary/aromatic N) is 2. The van der Waals surface area contributed by atoms with E-state index in [0.717, 1.165) is 10.9 Å². The minimum absolute atomic E-state index is 0.00814. The summed E-state index contributed by atoms with van der Waals surface area (Å²) < 4.78 is 0. The van der Waals surface area contributed by atoms with Gasteiger partial charge in [-0.15, -0.1) is 0 Å². The highest BCUT2D eigenvalue weighted by Gasteiger charge is 2.22. The molecule has 4 rings (SSSR count). The fourth-order valence-corrected chi connectivity index (χ4v) is 3.65. The number of amides is 2. The molecule has 8 nitrogen and oxygen atoms in total. The van der Waals surface area contributed by atoms with Gasteiger partial charge in [-0.1, -0.05) is 41.9 Å². The Morgan fingerprint density at radius 1 is 0.853 bits per heavy atom. The molecule has 0 aliphatic heterocycles. The summed E-state index contributed by atoms with van der Waals surface area (Å²) in [6.07, 6.45) is 3.06. The summed E-state index contributed by atoms with van der Waals surface area (Å²) in [5.74, 6) is -2.09. The zero-order valence-electron chi connectivity index (χ0n) is 17.7. The average molecular weight is 475 g/mol. The van der Waals surface area contributed by atoms with Crippen LogP contribution in [0.1, 0.15) is 26.3 Å². The van der Waals surface area contributed by atoms with Crippen molar-refractivity contribution >= 4 is 46.0 Å². The maximum atomic E-state index is 12.8. The van der Waals surface area contributed by atoms with Gasteiger partial charge < -0.3 is 15.7 Å². The Hall–Kier alpha value is -4.30. The van der Waals surface area contributed by atoms with Crippen molar-refractivity contribution in [3.63, 3.8) is 0 Å². The molecule has 9 heteroatoms. The second kappa shape index (κ2) is 10.1. The molecule has 0 unspecified atom stereocenters. The number of halogens is 1. The Morgan fingerprint density at radius 2 is 1.62 bits per heavy atom. The Bertz CT molecular complexity index is 1370. The summed E-state index contributed by atoms with van der Waals surface area (Å²) in [6.45, 7) is 0. The van der Waals surface area contributed by atoms with E-state index in [2.05, 4.69) is 20.6 Å². The molecule has 0 spiro atoms. The van der Waals surface area contributed by atoms with E-state index >= 15 is 0 Å². The number of hydrogen-bond acceptors (Lipinski definition) is 5. The fraction of sp³-hybridized carbons (Fsp3) is 0.0800. The van der Waals surface area contributed by atoms with Gasteiger partial charge in [0.15, 0.2) is 0 Å². The monoisotopic (exact) mass is 474 g/mol. The molecule has 2 aromatic heterocycles. The first-order chi connectivity index (χ1) is 16.4. The predicted octanol–water partition coefficient (Wildman–Crippen LogP) is 3.96. The number of pyridine rings is 2. The normalized spacial score (nSPS) is 11.6. The minimum Gasteiger partial charge on any atom is -0.480 e. The molecule has 0 fully saturated rings. The first kappa shape index (κ1) is 22.9. The van der Waals surface area contributed by atoms with Gasteiger partial charge in [0.05, 0.1) is 16.6 Å². The van der Waals surface area contributed by atoms with Gasteiger partial charge in [-0.2, -0.15) is 0 Å². The number of aromatic nitrogens is 2. The van der Waals surface area contributed by atoms with Crippen LogP contribution in [0.4, 0.5) is 5.69 Å². The topological polar surface area (TPSA) is 121 Å². The fourth-order valence-electron chi connectivity index (χ4n) is 3.44. The van der Waals surface area contributed by atoms with E-state index in [0.29, 0.717) is 16.8 Å². The molecular formula is C25H19ClN4O4. The van der Waals surface area contributed by atoms with Crippen LogP contribution in [0, 0.1) is 0 Å². The van der Waals surface area contributed by atoms with Gasteiger partial charge in [-0.25, -0.2) is 9.78 Å². The Balaban J connectivity index is 1.44. The molecule has 2 heterocycles. The predicted molar refractivity (Wildman–Crippen MR) is 128 cm³/mol. The van der Waals surface area contributed by atoms with Gasteiger partial charge in [-0.05, 0) is 42.0 Å². The molecule has 1 atom stereocenters. The van der Waals surface area contributed by atoms with Crippen LogP contribution in [0.3, 0.4) is 0 Å². The highest BCUT2D eigenvalue weighted by atomic mass is 35.5. The standard InChI is InChI=1S/C25H19ClN4O4/c26-22-19(5-3-12-28-22)24(32)30-21(25(33)34)14-15-7-9-16(10-8-15)29-23(31)18-11-13-27-20-6-2-1-4-17(18)20/h1-13,21H,14H2,(H,29,31)(H,30,32)(H,33,34)/t21-/m0/s1. The van der Waals surface area contributed by atoms with Crippen LogP contribution in [0.2, 0.25) is 5.15 Å². The number of fused-ring (bicyclic) bond motifs is 1. The van der Waals surface area contributed by atoms with Crippen molar-refractivity contribution in [3.8, 4) is 0 Å². The molecule has 0 saturated carbocycles. The molecule has 170 valence electrons. The number of aliphatic carboxylic acids is 1. The summed E-state index contributed by atoms with van der Waals surface area (Å²) in [4.78, 5) is 45.0. The van der Waals surface area contributed by atoms with Crippen molar-refractivity contribution in [2.75, 3.05) is 5.32 Å². The number of rotatable bonds is 7. The molecule has 3 N–H and O–H groups in total. The third-order valence-electron chi connectivity index (χ3n) is 5.15. The molecule has 0 bridgehead atoms. The van der Waals surface area contributed by atoms with Crippen molar-refractivity contribution in [1.82, 2.24) is 15.3 Å². The van der Waals surface area contributed by atoms with Crippen LogP contribution < -0.4 is 10.6 Å². The average Bonchev–Trinajstić information content (AvgIpc) is 2.84. The van der Waals surface area contributed by atoms with E-state index in [4.69, 9.17) is 11.6 Å². The van der Waals surface area contributed by atoms with Gasteiger partial charge in [0, 0.05) is 29.9 Å². The molecule has 0 radical (unpaired) electrons. The Kier molecular flexibility index (Phi) is 6.79. The highest BCUT2D eigenvalue weighted by molar-refractivity contribution is 6.32. The van der Waals surface area contributed by atoms with Gasteiger partial charge in [0.2, 0.25) is 0 Å². The van der Waals surface area contributed by atoms with Crippen LogP contribution >= 0.6 is 11.6 Å². The van der Waals surface area contributed by atoms with E-state index in [1.807, 2.05) is 24.3 Å². The van der Waals surface area contributed by atoms with Crippen molar-refractivity contribution < 1.29 is 19.5 Å². The second-order valence-electron chi connectivity index (χ2n) is 7.44. The van der Waals surface area contributed by atoms with E-state index < -0.39 is 17.9 Å². The second-order valence-corrected chi connectivity index (χ2v) is 7.79. The maximum Gasteiger partial charge on any atom is 0.326 e. The zero-order chi connectivity index (χ0) is 24.1. The van der Waals surface area contributed by atoms with Gasteiger partial charge in [-0.3, -0.25) is 14.6 Å². The zero-order valence-corrected chi connectivity index (χ0v) is 18.5. The van der Waals surface area contributed by atoms with E-state index in [1.165, 1.54) is 12.3 Å². The van der Waals surface area contributed by atoms with Crippen molar-refractivity contribution in [1.29, 1.82) is 0 Å². The number of carbonyl (C=O) groups is 3. The molecule has 2 aromatic carbocycles. The molecule has 0 aliphatic carbocycles. The van der Waals surface area contributed by atoms with Crippen molar-refractivity contribution in [3.05, 3.63) is 101 Å². The molecular weight excluding hydrogens is 456 g/mol. The molecule has 0 saturated heterocycles. The van der Waals surface area contributed by atoms with Crippen LogP contribution in [-0.4, -0.2) is 38.9 Å². The smallest absolute Gasteiger partial charge is 0.326 e. The van der Waals surface area contributed by atoms with E-state index in [9.17, 15) is 19.5 Å². The van der Waals surface area contributed by atoms with Crippen LogP contribution in [0.5, 0.6) is 0 Å².